The fraction of sp³-hybridized carbons (Fsp3) is 0.429. The van der Waals surface area contributed by atoms with Crippen LogP contribution in [-0.2, 0) is 14.1 Å². The number of carboxylic acids is 1. The molecule has 0 atom stereocenters. The number of hydrogen-bond donors (Lipinski definition) is 1. The lowest BCUT2D eigenvalue weighted by molar-refractivity contribution is -0.131. The maximum absolute atomic E-state index is 10.5. The predicted octanol–water partition coefficient (Wildman–Crippen LogP) is 1.48. The average Bonchev–Trinajstić information content (AvgIpc) is 2.56. The minimum Gasteiger partial charge on any atom is -0.478 e. The van der Waals surface area contributed by atoms with E-state index in [2.05, 4.69) is 4.98 Å². The fourth-order valence-electron chi connectivity index (χ4n) is 1.84. The van der Waals surface area contributed by atoms with Gasteiger partial charge in [0.25, 0.3) is 0 Å². The molecule has 1 aromatic rings. The van der Waals surface area contributed by atoms with E-state index in [0.29, 0.717) is 5.56 Å². The molecule has 1 saturated heterocycles. The van der Waals surface area contributed by atoms with Crippen molar-refractivity contribution >= 4 is 24.6 Å². The number of carboxylic acid groups (broad SMARTS) is 1. The van der Waals surface area contributed by atoms with Crippen LogP contribution in [0.25, 0.3) is 6.08 Å². The third-order valence-electron chi connectivity index (χ3n) is 3.72. The summed E-state index contributed by atoms with van der Waals surface area (Å²) < 4.78 is 11.9. The van der Waals surface area contributed by atoms with E-state index in [4.69, 9.17) is 14.4 Å². The zero-order chi connectivity index (χ0) is 15.0. The Hall–Kier alpha value is -1.66. The highest BCUT2D eigenvalue weighted by Gasteiger charge is 2.51. The van der Waals surface area contributed by atoms with Crippen LogP contribution in [0.3, 0.4) is 0 Å². The Kier molecular flexibility index (Phi) is 3.71. The minimum atomic E-state index is -0.994. The molecule has 2 heterocycles. The highest BCUT2D eigenvalue weighted by atomic mass is 16.7. The number of aromatic nitrogens is 1. The molecule has 0 amide bonds. The Morgan fingerprint density at radius 1 is 1.25 bits per heavy atom. The molecule has 5 nitrogen and oxygen atoms in total. The van der Waals surface area contributed by atoms with Crippen LogP contribution in [0.5, 0.6) is 0 Å². The Labute approximate surface area is 118 Å². The number of pyridine rings is 1. The zero-order valence-electron chi connectivity index (χ0n) is 12.1. The molecule has 1 fully saturated rings. The second-order valence-electron chi connectivity index (χ2n) is 5.81. The summed E-state index contributed by atoms with van der Waals surface area (Å²) >= 11 is 0. The molecule has 0 saturated carbocycles. The minimum absolute atomic E-state index is 0.412. The molecule has 0 radical (unpaired) electrons. The smallest absolute Gasteiger partial charge is 0.478 e. The Morgan fingerprint density at radius 2 is 1.85 bits per heavy atom. The predicted molar refractivity (Wildman–Crippen MR) is 76.6 cm³/mol. The van der Waals surface area contributed by atoms with Gasteiger partial charge < -0.3 is 14.4 Å². The third-order valence-corrected chi connectivity index (χ3v) is 3.72. The van der Waals surface area contributed by atoms with Gasteiger partial charge in [-0.15, -0.1) is 0 Å². The van der Waals surface area contributed by atoms with Crippen molar-refractivity contribution in [1.82, 2.24) is 4.98 Å². The summed E-state index contributed by atoms with van der Waals surface area (Å²) in [7, 11) is -0.495. The van der Waals surface area contributed by atoms with Gasteiger partial charge in [-0.05, 0) is 39.3 Å². The van der Waals surface area contributed by atoms with E-state index < -0.39 is 24.3 Å². The molecule has 6 heteroatoms. The van der Waals surface area contributed by atoms with E-state index in [1.807, 2.05) is 33.8 Å². The number of hydrogen-bond acceptors (Lipinski definition) is 4. The van der Waals surface area contributed by atoms with Gasteiger partial charge in [0, 0.05) is 23.9 Å². The second-order valence-corrected chi connectivity index (χ2v) is 5.81. The summed E-state index contributed by atoms with van der Waals surface area (Å²) in [6.45, 7) is 7.92. The zero-order valence-corrected chi connectivity index (χ0v) is 12.1. The molecule has 0 unspecified atom stereocenters. The summed E-state index contributed by atoms with van der Waals surface area (Å²) in [6, 6.07) is 1.81. The van der Waals surface area contributed by atoms with Crippen LogP contribution in [0, 0.1) is 0 Å². The molecule has 1 aromatic heterocycles. The highest BCUT2D eigenvalue weighted by Crippen LogP contribution is 2.36. The molecule has 0 bridgehead atoms. The lowest BCUT2D eigenvalue weighted by Crippen LogP contribution is -2.41. The fourth-order valence-corrected chi connectivity index (χ4v) is 1.84. The molecule has 1 aliphatic rings. The quantitative estimate of drug-likeness (QED) is 0.668. The number of rotatable bonds is 3. The van der Waals surface area contributed by atoms with Gasteiger partial charge in [0.2, 0.25) is 0 Å². The summed E-state index contributed by atoms with van der Waals surface area (Å²) in [4.78, 5) is 14.6. The van der Waals surface area contributed by atoms with Crippen LogP contribution in [0.2, 0.25) is 0 Å². The Bertz CT molecular complexity index is 538. The Morgan fingerprint density at radius 3 is 2.40 bits per heavy atom. The van der Waals surface area contributed by atoms with E-state index in [-0.39, 0.29) is 0 Å². The summed E-state index contributed by atoms with van der Waals surface area (Å²) in [5.41, 5.74) is 0.644. The van der Waals surface area contributed by atoms with Crippen molar-refractivity contribution in [3.05, 3.63) is 30.1 Å². The highest BCUT2D eigenvalue weighted by molar-refractivity contribution is 6.62. The first-order valence-corrected chi connectivity index (χ1v) is 6.43. The molecule has 0 spiro atoms. The van der Waals surface area contributed by atoms with E-state index in [1.165, 1.54) is 6.08 Å². The molecule has 1 aliphatic heterocycles. The molecule has 106 valence electrons. The first-order valence-electron chi connectivity index (χ1n) is 6.43. The van der Waals surface area contributed by atoms with Crippen molar-refractivity contribution < 1.29 is 19.2 Å². The van der Waals surface area contributed by atoms with Gasteiger partial charge in [-0.2, -0.15) is 0 Å². The van der Waals surface area contributed by atoms with Gasteiger partial charge in [-0.3, -0.25) is 4.98 Å². The normalized spacial score (nSPS) is 20.5. The van der Waals surface area contributed by atoms with Crippen LogP contribution in [0.15, 0.2) is 24.5 Å². The third kappa shape index (κ3) is 2.91. The number of carbonyl (C=O) groups is 1. The van der Waals surface area contributed by atoms with Gasteiger partial charge in [0.15, 0.2) is 0 Å². The van der Waals surface area contributed by atoms with Crippen molar-refractivity contribution in [2.45, 2.75) is 38.9 Å². The first-order chi connectivity index (χ1) is 9.21. The van der Waals surface area contributed by atoms with Crippen LogP contribution < -0.4 is 5.46 Å². The van der Waals surface area contributed by atoms with Crippen molar-refractivity contribution in [3.8, 4) is 0 Å². The molecule has 0 aromatic carbocycles. The van der Waals surface area contributed by atoms with E-state index in [1.54, 1.807) is 12.4 Å². The van der Waals surface area contributed by atoms with Crippen molar-refractivity contribution in [2.75, 3.05) is 0 Å². The van der Waals surface area contributed by atoms with Crippen LogP contribution in [0.4, 0.5) is 0 Å². The van der Waals surface area contributed by atoms with E-state index in [9.17, 15) is 4.79 Å². The van der Waals surface area contributed by atoms with Gasteiger partial charge in [-0.1, -0.05) is 6.07 Å². The first kappa shape index (κ1) is 14.7. The number of nitrogens with zero attached hydrogens (tertiary/aromatic N) is 1. The van der Waals surface area contributed by atoms with Crippen LogP contribution in [-0.4, -0.2) is 34.4 Å². The van der Waals surface area contributed by atoms with Gasteiger partial charge in [0.05, 0.1) is 11.2 Å². The van der Waals surface area contributed by atoms with E-state index in [0.717, 1.165) is 11.5 Å². The maximum atomic E-state index is 10.5. The largest absolute Gasteiger partial charge is 0.496 e. The lowest BCUT2D eigenvalue weighted by Gasteiger charge is -2.32. The summed E-state index contributed by atoms with van der Waals surface area (Å²) in [5.74, 6) is -0.994. The molecule has 2 rings (SSSR count). The number of aliphatic carboxylic acids is 1. The van der Waals surface area contributed by atoms with Crippen molar-refractivity contribution in [2.24, 2.45) is 0 Å². The van der Waals surface area contributed by atoms with E-state index >= 15 is 0 Å². The molecule has 20 heavy (non-hydrogen) atoms. The van der Waals surface area contributed by atoms with Crippen LogP contribution in [0.1, 0.15) is 33.3 Å². The van der Waals surface area contributed by atoms with Gasteiger partial charge in [-0.25, -0.2) is 4.79 Å². The molecular formula is C14H18BNO4. The standard InChI is InChI=1S/C14H18BNO4/c1-13(2)14(3,4)20-15(19-13)11-7-10(8-16-9-11)5-6-12(17)18/h5-9H,1-4H3,(H,17,18). The molecule has 1 N–H and O–H groups in total. The Balaban J connectivity index is 2.23. The lowest BCUT2D eigenvalue weighted by atomic mass is 9.80. The summed E-state index contributed by atoms with van der Waals surface area (Å²) in [5, 5.41) is 8.64. The van der Waals surface area contributed by atoms with Crippen LogP contribution >= 0.6 is 0 Å². The monoisotopic (exact) mass is 275 g/mol. The molecular weight excluding hydrogens is 257 g/mol. The van der Waals surface area contributed by atoms with Gasteiger partial charge in [0.1, 0.15) is 0 Å². The molecule has 0 aliphatic carbocycles. The van der Waals surface area contributed by atoms with Gasteiger partial charge >= 0.3 is 13.1 Å². The van der Waals surface area contributed by atoms with Crippen molar-refractivity contribution in [3.63, 3.8) is 0 Å². The maximum Gasteiger partial charge on any atom is 0.496 e. The summed E-state index contributed by atoms with van der Waals surface area (Å²) in [6.07, 6.45) is 5.82. The van der Waals surface area contributed by atoms with Crippen molar-refractivity contribution in [1.29, 1.82) is 0 Å². The topological polar surface area (TPSA) is 68.7 Å². The average molecular weight is 275 g/mol. The SMILES string of the molecule is CC1(C)OB(c2cncc(C=CC(=O)O)c2)OC1(C)C. The second kappa shape index (κ2) is 5.03.